The van der Waals surface area contributed by atoms with Crippen molar-refractivity contribution in [2.45, 2.75) is 36.5 Å². The summed E-state index contributed by atoms with van der Waals surface area (Å²) in [5.74, 6) is 1.47. The molecule has 2 aromatic rings. The average Bonchev–Trinajstić information content (AvgIpc) is 2.73. The number of aromatic nitrogens is 1. The molecule has 0 bridgehead atoms. The molecule has 4 nitrogen and oxygen atoms in total. The molecule has 2 heterocycles. The Morgan fingerprint density at radius 3 is 2.52 bits per heavy atom. The van der Waals surface area contributed by atoms with Crippen LogP contribution in [0.4, 0.5) is 10.2 Å². The molecule has 1 fully saturated rings. The Hall–Kier alpha value is -2.10. The van der Waals surface area contributed by atoms with E-state index in [-0.39, 0.29) is 5.82 Å². The van der Waals surface area contributed by atoms with Crippen LogP contribution in [0.1, 0.15) is 35.1 Å². The first-order valence-corrected chi connectivity index (χ1v) is 10.4. The van der Waals surface area contributed by atoms with Crippen molar-refractivity contribution in [3.8, 4) is 6.07 Å². The smallest absolute Gasteiger partial charge is 0.133 e. The van der Waals surface area contributed by atoms with Crippen LogP contribution in [0.3, 0.4) is 0 Å². The number of hydrogen-bond acceptors (Lipinski definition) is 5. The predicted octanol–water partition coefficient (Wildman–Crippen LogP) is 4.10. The van der Waals surface area contributed by atoms with Gasteiger partial charge in [-0.1, -0.05) is 12.1 Å². The molecular weight excluding hydrogens is 361 g/mol. The van der Waals surface area contributed by atoms with E-state index in [4.69, 9.17) is 9.72 Å². The van der Waals surface area contributed by atoms with Gasteiger partial charge in [0.15, 0.2) is 0 Å². The molecule has 140 valence electrons. The monoisotopic (exact) mass is 383 g/mol. The van der Waals surface area contributed by atoms with Crippen molar-refractivity contribution in [1.29, 1.82) is 5.26 Å². The number of morpholine rings is 1. The number of nitriles is 1. The standard InChI is InChI=1S/C21H22FN3OS/c22-16-7-5-15(6-8-16)14-27-21-19(13-23)17-3-1-2-4-18(17)20(24-21)25-9-11-26-12-10-25/h5-8H,1-4,9-12,14H2. The lowest BCUT2D eigenvalue weighted by Gasteiger charge is -2.32. The number of pyridine rings is 1. The minimum absolute atomic E-state index is 0.233. The maximum atomic E-state index is 13.1. The SMILES string of the molecule is N#Cc1c(SCc2ccc(F)cc2)nc(N2CCOCC2)c2c1CCCC2. The lowest BCUT2D eigenvalue weighted by Crippen LogP contribution is -2.38. The normalized spacial score (nSPS) is 16.7. The number of benzene rings is 1. The number of thioether (sulfide) groups is 1. The molecule has 0 unspecified atom stereocenters. The van der Waals surface area contributed by atoms with Crippen molar-refractivity contribution in [3.05, 3.63) is 52.3 Å². The predicted molar refractivity (Wildman–Crippen MR) is 105 cm³/mol. The van der Waals surface area contributed by atoms with Crippen LogP contribution in [-0.2, 0) is 23.3 Å². The summed E-state index contributed by atoms with van der Waals surface area (Å²) in [4.78, 5) is 7.25. The lowest BCUT2D eigenvalue weighted by molar-refractivity contribution is 0.122. The number of hydrogen-bond donors (Lipinski definition) is 0. The van der Waals surface area contributed by atoms with E-state index < -0.39 is 0 Å². The van der Waals surface area contributed by atoms with Gasteiger partial charge in [0.05, 0.1) is 18.8 Å². The van der Waals surface area contributed by atoms with E-state index in [2.05, 4.69) is 11.0 Å². The van der Waals surface area contributed by atoms with Gasteiger partial charge in [0.2, 0.25) is 0 Å². The molecule has 4 rings (SSSR count). The quantitative estimate of drug-likeness (QED) is 0.744. The molecule has 0 amide bonds. The Morgan fingerprint density at radius 2 is 1.81 bits per heavy atom. The summed E-state index contributed by atoms with van der Waals surface area (Å²) in [5, 5.41) is 10.6. The van der Waals surface area contributed by atoms with Crippen LogP contribution in [0.5, 0.6) is 0 Å². The van der Waals surface area contributed by atoms with Gasteiger partial charge in [-0.05, 0) is 54.5 Å². The number of ether oxygens (including phenoxy) is 1. The molecule has 1 aliphatic heterocycles. The molecule has 1 aliphatic carbocycles. The third-order valence-electron chi connectivity index (χ3n) is 5.17. The van der Waals surface area contributed by atoms with Gasteiger partial charge in [0.25, 0.3) is 0 Å². The zero-order valence-electron chi connectivity index (χ0n) is 15.2. The molecule has 1 saturated heterocycles. The van der Waals surface area contributed by atoms with Crippen molar-refractivity contribution >= 4 is 17.6 Å². The highest BCUT2D eigenvalue weighted by Crippen LogP contribution is 2.37. The second-order valence-corrected chi connectivity index (χ2v) is 7.87. The van der Waals surface area contributed by atoms with Crippen molar-refractivity contribution in [2.75, 3.05) is 31.2 Å². The van der Waals surface area contributed by atoms with Crippen LogP contribution < -0.4 is 4.90 Å². The van der Waals surface area contributed by atoms with Gasteiger partial charge in [0.1, 0.15) is 22.7 Å². The fourth-order valence-corrected chi connectivity index (χ4v) is 4.73. The fourth-order valence-electron chi connectivity index (χ4n) is 3.77. The third-order valence-corrected chi connectivity index (χ3v) is 6.22. The van der Waals surface area contributed by atoms with Gasteiger partial charge in [0, 0.05) is 18.8 Å². The topological polar surface area (TPSA) is 49.2 Å². The Morgan fingerprint density at radius 1 is 1.11 bits per heavy atom. The minimum atomic E-state index is -0.233. The highest BCUT2D eigenvalue weighted by molar-refractivity contribution is 7.98. The second-order valence-electron chi connectivity index (χ2n) is 6.91. The van der Waals surface area contributed by atoms with Crippen LogP contribution in [0.2, 0.25) is 0 Å². The first kappa shape index (κ1) is 18.3. The summed E-state index contributed by atoms with van der Waals surface area (Å²) in [6.07, 6.45) is 4.21. The fraction of sp³-hybridized carbons (Fsp3) is 0.429. The van der Waals surface area contributed by atoms with Gasteiger partial charge < -0.3 is 9.64 Å². The zero-order chi connectivity index (χ0) is 18.6. The third kappa shape index (κ3) is 3.95. The summed E-state index contributed by atoms with van der Waals surface area (Å²) in [6, 6.07) is 8.93. The summed E-state index contributed by atoms with van der Waals surface area (Å²) in [5.41, 5.74) is 4.19. The van der Waals surface area contributed by atoms with Crippen LogP contribution in [0.15, 0.2) is 29.3 Å². The molecule has 2 aliphatic rings. The Bertz CT molecular complexity index is 857. The van der Waals surface area contributed by atoms with E-state index in [1.165, 1.54) is 23.3 Å². The molecule has 0 atom stereocenters. The minimum Gasteiger partial charge on any atom is -0.378 e. The number of halogens is 1. The lowest BCUT2D eigenvalue weighted by atomic mass is 9.89. The van der Waals surface area contributed by atoms with Crippen molar-refractivity contribution < 1.29 is 9.13 Å². The number of fused-ring (bicyclic) bond motifs is 1. The van der Waals surface area contributed by atoms with Gasteiger partial charge in [-0.3, -0.25) is 0 Å². The van der Waals surface area contributed by atoms with Crippen LogP contribution in [0.25, 0.3) is 0 Å². The molecule has 27 heavy (non-hydrogen) atoms. The molecule has 6 heteroatoms. The van der Waals surface area contributed by atoms with Crippen LogP contribution in [0, 0.1) is 17.1 Å². The molecule has 1 aromatic carbocycles. The second kappa shape index (κ2) is 8.28. The largest absolute Gasteiger partial charge is 0.378 e. The van der Waals surface area contributed by atoms with E-state index in [0.29, 0.717) is 19.0 Å². The van der Waals surface area contributed by atoms with E-state index in [0.717, 1.165) is 60.7 Å². The van der Waals surface area contributed by atoms with Gasteiger partial charge in [-0.2, -0.15) is 5.26 Å². The van der Waals surface area contributed by atoms with Gasteiger partial charge >= 0.3 is 0 Å². The molecule has 0 N–H and O–H groups in total. The molecule has 1 aromatic heterocycles. The Balaban J connectivity index is 1.68. The molecule has 0 radical (unpaired) electrons. The van der Waals surface area contributed by atoms with E-state index in [9.17, 15) is 9.65 Å². The van der Waals surface area contributed by atoms with Gasteiger partial charge in [-0.25, -0.2) is 9.37 Å². The van der Waals surface area contributed by atoms with Gasteiger partial charge in [-0.15, -0.1) is 11.8 Å². The van der Waals surface area contributed by atoms with Crippen molar-refractivity contribution in [3.63, 3.8) is 0 Å². The average molecular weight is 383 g/mol. The Kier molecular flexibility index (Phi) is 5.61. The number of anilines is 1. The van der Waals surface area contributed by atoms with E-state index >= 15 is 0 Å². The van der Waals surface area contributed by atoms with Crippen LogP contribution >= 0.6 is 11.8 Å². The first-order chi connectivity index (χ1) is 13.3. The molecule has 0 spiro atoms. The highest BCUT2D eigenvalue weighted by atomic mass is 32.2. The summed E-state index contributed by atoms with van der Waals surface area (Å²) < 4.78 is 18.6. The van der Waals surface area contributed by atoms with E-state index in [1.807, 2.05) is 0 Å². The number of rotatable bonds is 4. The molecule has 0 saturated carbocycles. The van der Waals surface area contributed by atoms with Crippen LogP contribution in [-0.4, -0.2) is 31.3 Å². The summed E-state index contributed by atoms with van der Waals surface area (Å²) >= 11 is 1.57. The summed E-state index contributed by atoms with van der Waals surface area (Å²) in [6.45, 7) is 3.11. The van der Waals surface area contributed by atoms with E-state index in [1.54, 1.807) is 23.9 Å². The van der Waals surface area contributed by atoms with Crippen molar-refractivity contribution in [1.82, 2.24) is 4.98 Å². The van der Waals surface area contributed by atoms with Crippen molar-refractivity contribution in [2.24, 2.45) is 0 Å². The first-order valence-electron chi connectivity index (χ1n) is 9.42. The zero-order valence-corrected chi connectivity index (χ0v) is 16.0. The Labute approximate surface area is 163 Å². The maximum Gasteiger partial charge on any atom is 0.133 e. The maximum absolute atomic E-state index is 13.1. The summed E-state index contributed by atoms with van der Waals surface area (Å²) in [7, 11) is 0. The highest BCUT2D eigenvalue weighted by Gasteiger charge is 2.26. The number of nitrogens with zero attached hydrogens (tertiary/aromatic N) is 3. The molecular formula is C21H22FN3OS.